The van der Waals surface area contributed by atoms with E-state index in [0.717, 1.165) is 0 Å². The molecule has 11 heavy (non-hydrogen) atoms. The van der Waals surface area contributed by atoms with Gasteiger partial charge < -0.3 is 5.32 Å². The molecule has 0 radical (unpaired) electrons. The van der Waals surface area contributed by atoms with E-state index in [0.29, 0.717) is 0 Å². The Balaban J connectivity index is 0. The number of hydrogen-bond acceptors (Lipinski definition) is 0. The summed E-state index contributed by atoms with van der Waals surface area (Å²) >= 11 is 0. The first-order valence-electron chi connectivity index (χ1n) is 3.19. The summed E-state index contributed by atoms with van der Waals surface area (Å²) < 4.78 is 0. The molecule has 0 heterocycles. The second-order valence-corrected chi connectivity index (χ2v) is 2.20. The molecule has 0 saturated heterocycles. The third-order valence-electron chi connectivity index (χ3n) is 1.41. The van der Waals surface area contributed by atoms with Gasteiger partial charge in [-0.05, 0) is 19.1 Å². The second-order valence-electron chi connectivity index (χ2n) is 2.20. The van der Waals surface area contributed by atoms with Crippen molar-refractivity contribution >= 4 is 5.69 Å². The average Bonchev–Trinajstić information content (AvgIpc) is 1.90. The molecule has 0 spiro atoms. The zero-order valence-corrected chi connectivity index (χ0v) is 5.89. The van der Waals surface area contributed by atoms with Crippen LogP contribution in [0, 0.1) is 6.92 Å². The SMILES string of the molecule is C.C.C[NH2+]c1ccc(C)cc1. The predicted molar refractivity (Wildman–Crippen MR) is 52.2 cm³/mol. The van der Waals surface area contributed by atoms with Crippen LogP contribution >= 0.6 is 0 Å². The summed E-state index contributed by atoms with van der Waals surface area (Å²) in [5.74, 6) is 0. The first-order valence-corrected chi connectivity index (χ1v) is 3.19. The van der Waals surface area contributed by atoms with Crippen molar-refractivity contribution in [1.29, 1.82) is 0 Å². The zero-order valence-electron chi connectivity index (χ0n) is 5.89. The van der Waals surface area contributed by atoms with Gasteiger partial charge in [-0.1, -0.05) is 32.5 Å². The number of hydrogen-bond donors (Lipinski definition) is 1. The van der Waals surface area contributed by atoms with E-state index in [1.54, 1.807) is 0 Å². The summed E-state index contributed by atoms with van der Waals surface area (Å²) in [6, 6.07) is 8.48. The lowest BCUT2D eigenvalue weighted by atomic mass is 10.2. The van der Waals surface area contributed by atoms with Crippen molar-refractivity contribution < 1.29 is 5.32 Å². The molecule has 0 aromatic heterocycles. The third-order valence-corrected chi connectivity index (χ3v) is 1.41. The Bertz CT molecular complexity index is 177. The Labute approximate surface area is 70.5 Å². The highest BCUT2D eigenvalue weighted by Crippen LogP contribution is 2.01. The van der Waals surface area contributed by atoms with Gasteiger partial charge in [0.25, 0.3) is 0 Å². The van der Waals surface area contributed by atoms with Gasteiger partial charge in [0, 0.05) is 0 Å². The van der Waals surface area contributed by atoms with Gasteiger partial charge >= 0.3 is 0 Å². The number of benzene rings is 1. The molecule has 1 aromatic carbocycles. The van der Waals surface area contributed by atoms with Crippen LogP contribution < -0.4 is 5.32 Å². The van der Waals surface area contributed by atoms with E-state index in [4.69, 9.17) is 0 Å². The highest BCUT2D eigenvalue weighted by Gasteiger charge is 1.87. The van der Waals surface area contributed by atoms with Crippen LogP contribution in [0.15, 0.2) is 24.3 Å². The zero-order chi connectivity index (χ0) is 6.69. The maximum atomic E-state index is 2.12. The summed E-state index contributed by atoms with van der Waals surface area (Å²) in [6.07, 6.45) is 0. The topological polar surface area (TPSA) is 16.6 Å². The molecule has 1 heteroatoms. The lowest BCUT2D eigenvalue weighted by Gasteiger charge is -1.92. The summed E-state index contributed by atoms with van der Waals surface area (Å²) in [4.78, 5) is 0. The standard InChI is InChI=1S/C8H11N.2CH4/c1-7-3-5-8(9-2)6-4-7;;/h3-6,9H,1-2H3;2*1H4/p+1. The Morgan fingerprint density at radius 1 is 1.00 bits per heavy atom. The molecule has 0 amide bonds. The molecule has 64 valence electrons. The van der Waals surface area contributed by atoms with E-state index in [-0.39, 0.29) is 14.9 Å². The molecule has 0 saturated carbocycles. The summed E-state index contributed by atoms with van der Waals surface area (Å²) in [5, 5.41) is 2.10. The minimum absolute atomic E-state index is 0. The Hall–Kier alpha value is -0.820. The van der Waals surface area contributed by atoms with Gasteiger partial charge in [0.15, 0.2) is 0 Å². The van der Waals surface area contributed by atoms with Crippen LogP contribution in [0.3, 0.4) is 0 Å². The maximum Gasteiger partial charge on any atom is 0.129 e. The molecule has 0 aliphatic rings. The summed E-state index contributed by atoms with van der Waals surface area (Å²) in [6.45, 7) is 2.10. The van der Waals surface area contributed by atoms with Gasteiger partial charge in [-0.25, -0.2) is 0 Å². The summed E-state index contributed by atoms with van der Waals surface area (Å²) in [5.41, 5.74) is 2.61. The van der Waals surface area contributed by atoms with Gasteiger partial charge in [-0.2, -0.15) is 0 Å². The van der Waals surface area contributed by atoms with Crippen LogP contribution in [0.1, 0.15) is 20.4 Å². The molecule has 0 aliphatic carbocycles. The smallest absolute Gasteiger partial charge is 0.129 e. The number of nitrogens with two attached hydrogens (primary N) is 1. The summed E-state index contributed by atoms with van der Waals surface area (Å²) in [7, 11) is 2.05. The molecule has 0 fully saturated rings. The van der Waals surface area contributed by atoms with Gasteiger partial charge in [0.05, 0.1) is 7.05 Å². The lowest BCUT2D eigenvalue weighted by molar-refractivity contribution is -0.539. The van der Waals surface area contributed by atoms with Crippen molar-refractivity contribution in [2.45, 2.75) is 21.8 Å². The molecule has 1 rings (SSSR count). The first-order chi connectivity index (χ1) is 4.33. The predicted octanol–water partition coefficient (Wildman–Crippen LogP) is 2.09. The van der Waals surface area contributed by atoms with Crippen molar-refractivity contribution in [3.63, 3.8) is 0 Å². The van der Waals surface area contributed by atoms with Crippen LogP contribution in [-0.4, -0.2) is 7.05 Å². The van der Waals surface area contributed by atoms with Gasteiger partial charge in [-0.3, -0.25) is 0 Å². The minimum atomic E-state index is 0. The van der Waals surface area contributed by atoms with E-state index in [9.17, 15) is 0 Å². The van der Waals surface area contributed by atoms with Gasteiger partial charge in [0.2, 0.25) is 0 Å². The molecule has 1 aromatic rings. The van der Waals surface area contributed by atoms with Crippen molar-refractivity contribution in [1.82, 2.24) is 0 Å². The number of aryl methyl sites for hydroxylation is 1. The van der Waals surface area contributed by atoms with E-state index in [1.807, 2.05) is 7.05 Å². The molecule has 1 nitrogen and oxygen atoms in total. The molecular weight excluding hydrogens is 134 g/mol. The molecule has 0 bridgehead atoms. The highest BCUT2D eigenvalue weighted by molar-refractivity contribution is 5.30. The fraction of sp³-hybridized carbons (Fsp3) is 0.400. The monoisotopic (exact) mass is 154 g/mol. The van der Waals surface area contributed by atoms with Crippen LogP contribution in [0.2, 0.25) is 0 Å². The highest BCUT2D eigenvalue weighted by atomic mass is 14.8. The second kappa shape index (κ2) is 5.93. The molecule has 0 aliphatic heterocycles. The fourth-order valence-electron chi connectivity index (χ4n) is 0.759. The van der Waals surface area contributed by atoms with Crippen molar-refractivity contribution in [2.24, 2.45) is 0 Å². The maximum absolute atomic E-state index is 2.12. The van der Waals surface area contributed by atoms with Gasteiger partial charge in [0.1, 0.15) is 5.69 Å². The van der Waals surface area contributed by atoms with Crippen LogP contribution in [0.25, 0.3) is 0 Å². The largest absolute Gasteiger partial charge is 0.316 e. The van der Waals surface area contributed by atoms with Crippen molar-refractivity contribution in [3.05, 3.63) is 29.8 Å². The minimum Gasteiger partial charge on any atom is -0.316 e. The van der Waals surface area contributed by atoms with E-state index in [1.165, 1.54) is 11.3 Å². The van der Waals surface area contributed by atoms with E-state index >= 15 is 0 Å². The molecule has 0 unspecified atom stereocenters. The molecule has 0 atom stereocenters. The van der Waals surface area contributed by atoms with Crippen LogP contribution in [-0.2, 0) is 0 Å². The van der Waals surface area contributed by atoms with Crippen LogP contribution in [0.5, 0.6) is 0 Å². The number of quaternary nitrogens is 1. The molecular formula is C10H20N+. The quantitative estimate of drug-likeness (QED) is 0.596. The van der Waals surface area contributed by atoms with Gasteiger partial charge in [-0.15, -0.1) is 0 Å². The van der Waals surface area contributed by atoms with E-state index < -0.39 is 0 Å². The fourth-order valence-corrected chi connectivity index (χ4v) is 0.759. The van der Waals surface area contributed by atoms with E-state index in [2.05, 4.69) is 36.5 Å². The average molecular weight is 154 g/mol. The van der Waals surface area contributed by atoms with Crippen molar-refractivity contribution in [2.75, 3.05) is 7.05 Å². The van der Waals surface area contributed by atoms with Crippen LogP contribution in [0.4, 0.5) is 5.69 Å². The number of rotatable bonds is 1. The normalized spacial score (nSPS) is 7.82. The Morgan fingerprint density at radius 2 is 1.45 bits per heavy atom. The first kappa shape index (κ1) is 12.8. The van der Waals surface area contributed by atoms with Crippen molar-refractivity contribution in [3.8, 4) is 0 Å². The Kier molecular flexibility index (Phi) is 6.91. The third kappa shape index (κ3) is 3.79. The Morgan fingerprint density at radius 3 is 1.82 bits per heavy atom. The molecule has 2 N–H and O–H groups in total. The lowest BCUT2D eigenvalue weighted by Crippen LogP contribution is -2.72.